The lowest BCUT2D eigenvalue weighted by atomic mass is 9.91. The van der Waals surface area contributed by atoms with Crippen LogP contribution in [0.1, 0.15) is 34.1 Å². The second-order valence-electron chi connectivity index (χ2n) is 13.1. The first-order valence-electron chi connectivity index (χ1n) is 16.5. The maximum Gasteiger partial charge on any atom is 0.0925 e. The molecule has 48 heavy (non-hydrogen) atoms. The molecular weight excluding hydrogens is 639 g/mol. The van der Waals surface area contributed by atoms with Crippen molar-refractivity contribution in [1.29, 1.82) is 0 Å². The van der Waals surface area contributed by atoms with Gasteiger partial charge in [-0.15, -0.1) is 0 Å². The van der Waals surface area contributed by atoms with Crippen molar-refractivity contribution in [2.45, 2.75) is 45.3 Å². The van der Waals surface area contributed by atoms with E-state index in [1.807, 2.05) is 0 Å². The van der Waals surface area contributed by atoms with Gasteiger partial charge in [0, 0.05) is 32.3 Å². The van der Waals surface area contributed by atoms with E-state index >= 15 is 0 Å². The second-order valence-corrected chi connectivity index (χ2v) is 19.3. The highest BCUT2D eigenvalue weighted by Gasteiger charge is 2.44. The lowest BCUT2D eigenvalue weighted by Gasteiger charge is -2.51. The van der Waals surface area contributed by atoms with Gasteiger partial charge >= 0.3 is 0 Å². The first-order chi connectivity index (χ1) is 23.3. The van der Waals surface area contributed by atoms with Crippen molar-refractivity contribution in [2.24, 2.45) is 0 Å². The summed E-state index contributed by atoms with van der Waals surface area (Å²) in [5.74, 6) is 0. The molecule has 0 amide bonds. The van der Waals surface area contributed by atoms with Crippen molar-refractivity contribution in [3.8, 4) is 0 Å². The molecule has 0 spiro atoms. The van der Waals surface area contributed by atoms with Crippen LogP contribution >= 0.6 is 24.3 Å². The molecule has 0 aliphatic carbocycles. The maximum absolute atomic E-state index is 7.33. The van der Waals surface area contributed by atoms with Crippen LogP contribution in [0.4, 0.5) is 0 Å². The monoisotopic (exact) mass is 683 g/mol. The van der Waals surface area contributed by atoms with Crippen LogP contribution < -0.4 is 31.8 Å². The summed E-state index contributed by atoms with van der Waals surface area (Å²) < 4.78 is 10.2. The number of hydrogen-bond acceptors (Lipinski definition) is 2. The van der Waals surface area contributed by atoms with Crippen molar-refractivity contribution >= 4 is 56.1 Å². The fraction of sp³-hybridized carbons (Fsp3) is 0.163. The zero-order valence-corrected chi connectivity index (χ0v) is 30.9. The molecule has 0 heterocycles. The molecule has 5 heteroatoms. The Balaban J connectivity index is 1.49. The van der Waals surface area contributed by atoms with E-state index in [-0.39, 0.29) is 5.54 Å². The van der Waals surface area contributed by atoms with Gasteiger partial charge in [-0.25, -0.2) is 4.44 Å². The van der Waals surface area contributed by atoms with Crippen molar-refractivity contribution in [1.82, 2.24) is 4.44 Å². The molecule has 242 valence electrons. The van der Waals surface area contributed by atoms with Crippen molar-refractivity contribution < 1.29 is 4.52 Å². The van der Waals surface area contributed by atoms with Crippen LogP contribution in [0.25, 0.3) is 0 Å². The topological polar surface area (TPSA) is 12.5 Å². The van der Waals surface area contributed by atoms with Gasteiger partial charge in [0.2, 0.25) is 0 Å². The fourth-order valence-electron chi connectivity index (χ4n) is 6.42. The van der Waals surface area contributed by atoms with Gasteiger partial charge in [0.25, 0.3) is 0 Å². The number of benzene rings is 6. The molecule has 0 fully saturated rings. The standard InChI is InChI=1S/C43H44NOP3/c1-42(2,35-43(3,4)45-48(40-31-19-9-20-32-40)41-33-21-10-22-34-41)44(46(36-23-11-5-12-24-36)37-25-13-6-14-26-37)47(38-27-15-7-16-28-38)39-29-17-8-18-30-39/h5-34H,35H2,1-4H3. The summed E-state index contributed by atoms with van der Waals surface area (Å²) in [6, 6.07) is 66.0. The Kier molecular flexibility index (Phi) is 11.3. The van der Waals surface area contributed by atoms with E-state index in [4.69, 9.17) is 4.52 Å². The molecule has 0 aliphatic heterocycles. The Bertz CT molecular complexity index is 1620. The van der Waals surface area contributed by atoms with E-state index in [1.54, 1.807) is 0 Å². The molecule has 0 unspecified atom stereocenters. The Morgan fingerprint density at radius 1 is 0.396 bits per heavy atom. The van der Waals surface area contributed by atoms with Gasteiger partial charge < -0.3 is 4.52 Å². The SMILES string of the molecule is CC(C)(CC(C)(C)N(P(c1ccccc1)c1ccccc1)P(c1ccccc1)c1ccccc1)OP(c1ccccc1)c1ccccc1. The summed E-state index contributed by atoms with van der Waals surface area (Å²) in [5.41, 5.74) is -0.728. The quantitative estimate of drug-likeness (QED) is 0.113. The highest BCUT2D eigenvalue weighted by atomic mass is 31.2. The Morgan fingerprint density at radius 3 is 0.917 bits per heavy atom. The van der Waals surface area contributed by atoms with Gasteiger partial charge in [-0.3, -0.25) is 0 Å². The lowest BCUT2D eigenvalue weighted by Crippen LogP contribution is -2.48. The molecule has 0 saturated heterocycles. The fourth-order valence-corrected chi connectivity index (χ4v) is 14.8. The molecule has 0 radical (unpaired) electrons. The first kappa shape index (κ1) is 34.4. The van der Waals surface area contributed by atoms with Crippen LogP contribution in [0.15, 0.2) is 182 Å². The molecule has 0 atom stereocenters. The summed E-state index contributed by atoms with van der Waals surface area (Å²) in [5, 5.41) is 7.85. The Morgan fingerprint density at radius 2 is 0.646 bits per heavy atom. The summed E-state index contributed by atoms with van der Waals surface area (Å²) >= 11 is 0. The van der Waals surface area contributed by atoms with Gasteiger partial charge in [-0.2, -0.15) is 0 Å². The van der Waals surface area contributed by atoms with Crippen LogP contribution in [0.5, 0.6) is 0 Å². The highest BCUT2D eigenvalue weighted by molar-refractivity contribution is 7.84. The third kappa shape index (κ3) is 8.39. The molecule has 0 aromatic heterocycles. The van der Waals surface area contributed by atoms with Crippen LogP contribution in [0.3, 0.4) is 0 Å². The molecule has 0 aliphatic rings. The van der Waals surface area contributed by atoms with Crippen LogP contribution in [-0.2, 0) is 4.52 Å². The van der Waals surface area contributed by atoms with Gasteiger partial charge in [0.15, 0.2) is 0 Å². The second kappa shape index (κ2) is 15.8. The molecule has 0 bridgehead atoms. The van der Waals surface area contributed by atoms with E-state index in [0.717, 1.165) is 6.42 Å². The minimum absolute atomic E-state index is 0.285. The zero-order valence-electron chi connectivity index (χ0n) is 28.2. The van der Waals surface area contributed by atoms with Crippen LogP contribution in [0, 0.1) is 0 Å². The van der Waals surface area contributed by atoms with Gasteiger partial charge in [0.05, 0.1) is 13.7 Å². The van der Waals surface area contributed by atoms with E-state index in [2.05, 4.69) is 214 Å². The number of rotatable bonds is 13. The van der Waals surface area contributed by atoms with E-state index in [9.17, 15) is 0 Å². The summed E-state index contributed by atoms with van der Waals surface area (Å²) in [4.78, 5) is 0. The molecule has 6 aromatic carbocycles. The first-order valence-corrected chi connectivity index (χ1v) is 20.4. The van der Waals surface area contributed by atoms with E-state index in [1.165, 1.54) is 31.8 Å². The molecule has 0 saturated carbocycles. The predicted octanol–water partition coefficient (Wildman–Crippen LogP) is 9.40. The summed E-state index contributed by atoms with van der Waals surface area (Å²) in [6.45, 7) is 9.45. The van der Waals surface area contributed by atoms with Crippen molar-refractivity contribution in [3.63, 3.8) is 0 Å². The minimum Gasteiger partial charge on any atom is -0.344 e. The average molecular weight is 684 g/mol. The largest absolute Gasteiger partial charge is 0.344 e. The van der Waals surface area contributed by atoms with E-state index in [0.29, 0.717) is 0 Å². The van der Waals surface area contributed by atoms with Crippen LogP contribution in [0.2, 0.25) is 0 Å². The van der Waals surface area contributed by atoms with Gasteiger partial charge in [-0.05, 0) is 55.3 Å². The van der Waals surface area contributed by atoms with Crippen LogP contribution in [-0.4, -0.2) is 15.6 Å². The average Bonchev–Trinajstić information content (AvgIpc) is 3.12. The smallest absolute Gasteiger partial charge is 0.0925 e. The molecule has 6 rings (SSSR count). The third-order valence-electron chi connectivity index (χ3n) is 8.10. The number of hydrogen-bond donors (Lipinski definition) is 0. The Hall–Kier alpha value is -3.47. The molecule has 2 nitrogen and oxygen atoms in total. The third-order valence-corrected chi connectivity index (χ3v) is 16.4. The zero-order chi connectivity index (χ0) is 33.4. The Labute approximate surface area is 291 Å². The minimum atomic E-state index is -1.03. The van der Waals surface area contributed by atoms with Crippen molar-refractivity contribution in [3.05, 3.63) is 182 Å². The van der Waals surface area contributed by atoms with E-state index < -0.39 is 29.9 Å². The lowest BCUT2D eigenvalue weighted by molar-refractivity contribution is 0.0800. The normalized spacial score (nSPS) is 12.2. The molecular formula is C43H44NOP3. The van der Waals surface area contributed by atoms with Crippen molar-refractivity contribution in [2.75, 3.05) is 0 Å². The van der Waals surface area contributed by atoms with Gasteiger partial charge in [-0.1, -0.05) is 182 Å². The highest BCUT2D eigenvalue weighted by Crippen LogP contribution is 2.60. The molecule has 6 aromatic rings. The summed E-state index contributed by atoms with van der Waals surface area (Å²) in [6.07, 6.45) is 0.829. The predicted molar refractivity (Wildman–Crippen MR) is 213 cm³/mol. The molecule has 0 N–H and O–H groups in total. The maximum atomic E-state index is 7.33. The number of nitrogens with zero attached hydrogens (tertiary/aromatic N) is 1. The van der Waals surface area contributed by atoms with Gasteiger partial charge in [0.1, 0.15) is 0 Å². The summed E-state index contributed by atoms with van der Waals surface area (Å²) in [7, 11) is -2.90.